The summed E-state index contributed by atoms with van der Waals surface area (Å²) in [6.07, 6.45) is 0. The van der Waals surface area contributed by atoms with Gasteiger partial charge < -0.3 is 11.1 Å². The third-order valence-electron chi connectivity index (χ3n) is 2.63. The van der Waals surface area contributed by atoms with E-state index in [1.54, 1.807) is 19.9 Å². The van der Waals surface area contributed by atoms with Gasteiger partial charge in [0.1, 0.15) is 5.82 Å². The van der Waals surface area contributed by atoms with E-state index in [0.717, 1.165) is 5.56 Å². The minimum absolute atomic E-state index is 0.105. The summed E-state index contributed by atoms with van der Waals surface area (Å²) < 4.78 is 13.7. The molecule has 1 heterocycles. The Labute approximate surface area is 123 Å². The van der Waals surface area contributed by atoms with Crippen LogP contribution >= 0.6 is 27.5 Å². The van der Waals surface area contributed by atoms with Crippen LogP contribution in [0, 0.1) is 19.7 Å². The molecule has 0 bridgehead atoms. The predicted molar refractivity (Wildman–Crippen MR) is 78.3 cm³/mol. The van der Waals surface area contributed by atoms with Crippen LogP contribution in [0.1, 0.15) is 11.3 Å². The molecule has 0 amide bonds. The van der Waals surface area contributed by atoms with Crippen molar-refractivity contribution in [2.45, 2.75) is 13.8 Å². The molecule has 0 saturated carbocycles. The predicted octanol–water partition coefficient (Wildman–Crippen LogP) is 3.97. The van der Waals surface area contributed by atoms with Crippen molar-refractivity contribution in [1.29, 1.82) is 0 Å². The molecular formula is C12H11BrClFN4. The van der Waals surface area contributed by atoms with Gasteiger partial charge in [0.25, 0.3) is 0 Å². The fourth-order valence-electron chi connectivity index (χ4n) is 1.55. The molecule has 1 aromatic carbocycles. The Morgan fingerprint density at radius 1 is 1.32 bits per heavy atom. The van der Waals surface area contributed by atoms with Crippen molar-refractivity contribution in [2.24, 2.45) is 0 Å². The quantitative estimate of drug-likeness (QED) is 0.808. The fourth-order valence-corrected chi connectivity index (χ4v) is 2.11. The van der Waals surface area contributed by atoms with Crippen molar-refractivity contribution >= 4 is 44.7 Å². The number of hydrogen-bond acceptors (Lipinski definition) is 4. The molecule has 0 aliphatic rings. The van der Waals surface area contributed by atoms with Gasteiger partial charge in [-0.1, -0.05) is 0 Å². The van der Waals surface area contributed by atoms with Gasteiger partial charge in [0.2, 0.25) is 5.28 Å². The van der Waals surface area contributed by atoms with E-state index >= 15 is 0 Å². The van der Waals surface area contributed by atoms with Crippen LogP contribution in [0.5, 0.6) is 0 Å². The first-order valence-electron chi connectivity index (χ1n) is 5.40. The van der Waals surface area contributed by atoms with Crippen molar-refractivity contribution in [3.05, 3.63) is 39.0 Å². The van der Waals surface area contributed by atoms with Crippen LogP contribution in [0.3, 0.4) is 0 Å². The van der Waals surface area contributed by atoms with Gasteiger partial charge in [0.15, 0.2) is 5.82 Å². The molecule has 0 unspecified atom stereocenters. The first-order chi connectivity index (χ1) is 8.88. The zero-order valence-corrected chi connectivity index (χ0v) is 12.6. The molecule has 19 heavy (non-hydrogen) atoms. The van der Waals surface area contributed by atoms with Gasteiger partial charge >= 0.3 is 0 Å². The van der Waals surface area contributed by atoms with Crippen molar-refractivity contribution in [1.82, 2.24) is 9.97 Å². The molecule has 100 valence electrons. The summed E-state index contributed by atoms with van der Waals surface area (Å²) in [6.45, 7) is 3.52. The van der Waals surface area contributed by atoms with Crippen LogP contribution in [0.15, 0.2) is 16.6 Å². The Bertz CT molecular complexity index is 648. The van der Waals surface area contributed by atoms with E-state index in [9.17, 15) is 4.39 Å². The largest absolute Gasteiger partial charge is 0.394 e. The fraction of sp³-hybridized carbons (Fsp3) is 0.167. The number of aromatic nitrogens is 2. The molecule has 3 N–H and O–H groups in total. The minimum atomic E-state index is -0.326. The van der Waals surface area contributed by atoms with Gasteiger partial charge in [-0.2, -0.15) is 4.98 Å². The summed E-state index contributed by atoms with van der Waals surface area (Å²) in [5.74, 6) is 0.0760. The lowest BCUT2D eigenvalue weighted by Gasteiger charge is -2.13. The Hall–Kier alpha value is -1.40. The molecule has 7 heteroatoms. The topological polar surface area (TPSA) is 63.8 Å². The Balaban J connectivity index is 2.44. The third kappa shape index (κ3) is 2.96. The molecule has 0 atom stereocenters. The Kier molecular flexibility index (Phi) is 3.91. The van der Waals surface area contributed by atoms with Gasteiger partial charge in [-0.3, -0.25) is 0 Å². The van der Waals surface area contributed by atoms with E-state index in [1.807, 2.05) is 0 Å². The molecule has 0 radical (unpaired) electrons. The highest BCUT2D eigenvalue weighted by atomic mass is 79.9. The first-order valence-corrected chi connectivity index (χ1v) is 6.58. The van der Waals surface area contributed by atoms with Crippen molar-refractivity contribution < 1.29 is 4.39 Å². The monoisotopic (exact) mass is 344 g/mol. The number of hydrogen-bond donors (Lipinski definition) is 2. The Morgan fingerprint density at radius 2 is 2.00 bits per heavy atom. The Morgan fingerprint density at radius 3 is 2.68 bits per heavy atom. The van der Waals surface area contributed by atoms with E-state index in [1.165, 1.54) is 6.07 Å². The molecule has 2 aromatic rings. The van der Waals surface area contributed by atoms with Crippen LogP contribution in [-0.2, 0) is 0 Å². The number of halogens is 3. The number of nitrogens with two attached hydrogens (primary N) is 1. The average molecular weight is 346 g/mol. The van der Waals surface area contributed by atoms with Crippen LogP contribution in [0.25, 0.3) is 0 Å². The van der Waals surface area contributed by atoms with Gasteiger partial charge in [-0.05, 0) is 59.1 Å². The molecule has 2 rings (SSSR count). The van der Waals surface area contributed by atoms with Crippen LogP contribution in [0.2, 0.25) is 5.28 Å². The molecule has 0 aliphatic carbocycles. The zero-order valence-electron chi connectivity index (χ0n) is 10.3. The highest BCUT2D eigenvalue weighted by Gasteiger charge is 2.11. The number of nitrogens with zero attached hydrogens (tertiary/aromatic N) is 2. The van der Waals surface area contributed by atoms with E-state index in [2.05, 4.69) is 31.2 Å². The molecule has 4 nitrogen and oxygen atoms in total. The summed E-state index contributed by atoms with van der Waals surface area (Å²) in [5, 5.41) is 3.14. The number of nitrogens with one attached hydrogen (secondary N) is 1. The lowest BCUT2D eigenvalue weighted by Crippen LogP contribution is -2.05. The minimum Gasteiger partial charge on any atom is -0.394 e. The average Bonchev–Trinajstić information content (AvgIpc) is 2.32. The SMILES string of the molecule is Cc1cc(F)c(Br)cc1Nc1nc(Cl)nc(C)c1N. The molecule has 0 saturated heterocycles. The van der Waals surface area contributed by atoms with Crippen molar-refractivity contribution in [2.75, 3.05) is 11.1 Å². The van der Waals surface area contributed by atoms with Gasteiger partial charge in [-0.25, -0.2) is 9.37 Å². The summed E-state index contributed by atoms with van der Waals surface area (Å²) >= 11 is 8.93. The van der Waals surface area contributed by atoms with E-state index < -0.39 is 0 Å². The number of rotatable bonds is 2. The van der Waals surface area contributed by atoms with Gasteiger partial charge in [0.05, 0.1) is 15.9 Å². The third-order valence-corrected chi connectivity index (χ3v) is 3.41. The molecule has 0 spiro atoms. The number of aryl methyl sites for hydroxylation is 2. The molecule has 0 aliphatic heterocycles. The summed E-state index contributed by atoms with van der Waals surface area (Å²) in [6, 6.07) is 3.04. The first kappa shape index (κ1) is 14.0. The lowest BCUT2D eigenvalue weighted by molar-refractivity contribution is 0.620. The standard InChI is InChI=1S/C12H11BrClFN4/c1-5-3-8(15)7(13)4-9(5)18-11-10(16)6(2)17-12(14)19-11/h3-4H,16H2,1-2H3,(H,17,18,19). The van der Waals surface area contributed by atoms with E-state index in [4.69, 9.17) is 17.3 Å². The second-order valence-corrected chi connectivity index (χ2v) is 5.24. The van der Waals surface area contributed by atoms with E-state index in [-0.39, 0.29) is 11.1 Å². The van der Waals surface area contributed by atoms with Crippen LogP contribution in [0.4, 0.5) is 21.6 Å². The normalized spacial score (nSPS) is 10.6. The molecule has 1 aromatic heterocycles. The lowest BCUT2D eigenvalue weighted by atomic mass is 10.2. The summed E-state index contributed by atoms with van der Waals surface area (Å²) in [7, 11) is 0. The van der Waals surface area contributed by atoms with Crippen molar-refractivity contribution in [3.63, 3.8) is 0 Å². The second kappa shape index (κ2) is 5.30. The second-order valence-electron chi connectivity index (χ2n) is 4.05. The van der Waals surface area contributed by atoms with Crippen LogP contribution < -0.4 is 11.1 Å². The number of nitrogen functional groups attached to an aromatic ring is 1. The van der Waals surface area contributed by atoms with E-state index in [0.29, 0.717) is 27.4 Å². The smallest absolute Gasteiger partial charge is 0.224 e. The maximum absolute atomic E-state index is 13.4. The molecular weight excluding hydrogens is 335 g/mol. The maximum atomic E-state index is 13.4. The van der Waals surface area contributed by atoms with Crippen LogP contribution in [-0.4, -0.2) is 9.97 Å². The zero-order chi connectivity index (χ0) is 14.2. The number of anilines is 3. The number of benzene rings is 1. The summed E-state index contributed by atoms with van der Waals surface area (Å²) in [4.78, 5) is 7.98. The highest BCUT2D eigenvalue weighted by molar-refractivity contribution is 9.10. The maximum Gasteiger partial charge on any atom is 0.224 e. The van der Waals surface area contributed by atoms with Crippen molar-refractivity contribution in [3.8, 4) is 0 Å². The highest BCUT2D eigenvalue weighted by Crippen LogP contribution is 2.29. The van der Waals surface area contributed by atoms with Gasteiger partial charge in [-0.15, -0.1) is 0 Å². The molecule has 0 fully saturated rings. The summed E-state index contributed by atoms with van der Waals surface area (Å²) in [5.41, 5.74) is 8.29. The van der Waals surface area contributed by atoms with Gasteiger partial charge in [0, 0.05) is 5.69 Å².